The summed E-state index contributed by atoms with van der Waals surface area (Å²) in [6.07, 6.45) is 4.55. The van der Waals surface area contributed by atoms with Gasteiger partial charge in [0.15, 0.2) is 0 Å². The Bertz CT molecular complexity index is 442. The molecule has 2 N–H and O–H groups in total. The Morgan fingerprint density at radius 3 is 2.40 bits per heavy atom. The average molecular weight is 280 g/mol. The molecule has 110 valence electrons. The van der Waals surface area contributed by atoms with Crippen LogP contribution in [-0.4, -0.2) is 60.3 Å². The number of nitrogens with one attached hydrogen (secondary N) is 1. The van der Waals surface area contributed by atoms with Crippen molar-refractivity contribution in [3.05, 3.63) is 12.2 Å². The lowest BCUT2D eigenvalue weighted by molar-refractivity contribution is -0.146. The van der Waals surface area contributed by atoms with Crippen molar-refractivity contribution in [2.24, 2.45) is 11.8 Å². The number of carbonyl (C=O) groups excluding carboxylic acids is 1. The normalized spacial score (nSPS) is 37.2. The van der Waals surface area contributed by atoms with Crippen LogP contribution in [0.1, 0.15) is 12.8 Å². The Morgan fingerprint density at radius 2 is 1.80 bits per heavy atom. The molecule has 20 heavy (non-hydrogen) atoms. The smallest absolute Gasteiger partial charge is 0.310 e. The maximum absolute atomic E-state index is 12.4. The van der Waals surface area contributed by atoms with Gasteiger partial charge in [-0.15, -0.1) is 0 Å². The predicted molar refractivity (Wildman–Crippen MR) is 71.1 cm³/mol. The highest BCUT2D eigenvalue weighted by Gasteiger charge is 2.53. The third-order valence-electron chi connectivity index (χ3n) is 4.55. The maximum atomic E-state index is 12.4. The van der Waals surface area contributed by atoms with E-state index in [1.807, 2.05) is 6.08 Å². The number of carboxylic acid groups (broad SMARTS) is 1. The van der Waals surface area contributed by atoms with E-state index in [1.165, 1.54) is 0 Å². The van der Waals surface area contributed by atoms with Crippen molar-refractivity contribution in [3.8, 4) is 0 Å². The quantitative estimate of drug-likeness (QED) is 0.703. The molecule has 6 nitrogen and oxygen atoms in total. The van der Waals surface area contributed by atoms with Gasteiger partial charge >= 0.3 is 5.97 Å². The number of likely N-dealkylation sites (tertiary alicyclic amines) is 1. The first-order valence-electron chi connectivity index (χ1n) is 7.12. The summed E-state index contributed by atoms with van der Waals surface area (Å²) in [5.74, 6) is -2.48. The van der Waals surface area contributed by atoms with Crippen LogP contribution < -0.4 is 5.32 Å². The zero-order chi connectivity index (χ0) is 14.3. The van der Waals surface area contributed by atoms with Gasteiger partial charge in [-0.1, -0.05) is 12.2 Å². The fraction of sp³-hybridized carbons (Fsp3) is 0.714. The molecule has 3 aliphatic heterocycles. The average Bonchev–Trinajstić information content (AvgIpc) is 3.01. The van der Waals surface area contributed by atoms with Crippen LogP contribution in [-0.2, 0) is 14.3 Å². The second-order valence-corrected chi connectivity index (χ2v) is 5.93. The molecule has 2 saturated heterocycles. The number of carbonyl (C=O) groups is 2. The van der Waals surface area contributed by atoms with Crippen molar-refractivity contribution in [3.63, 3.8) is 0 Å². The van der Waals surface area contributed by atoms with E-state index < -0.39 is 23.9 Å². The van der Waals surface area contributed by atoms with Gasteiger partial charge in [-0.3, -0.25) is 9.59 Å². The molecule has 0 spiro atoms. The number of piperidine rings is 1. The Kier molecular flexibility index (Phi) is 3.52. The van der Waals surface area contributed by atoms with Gasteiger partial charge in [-0.2, -0.15) is 0 Å². The number of nitrogens with zero attached hydrogens (tertiary/aromatic N) is 1. The van der Waals surface area contributed by atoms with E-state index in [0.717, 1.165) is 25.9 Å². The first-order valence-corrected chi connectivity index (χ1v) is 7.12. The number of amides is 1. The Labute approximate surface area is 117 Å². The molecule has 6 heteroatoms. The summed E-state index contributed by atoms with van der Waals surface area (Å²) in [6, 6.07) is 0.149. The topological polar surface area (TPSA) is 78.9 Å². The molecule has 0 radical (unpaired) electrons. The number of hydrogen-bond acceptors (Lipinski definition) is 4. The predicted octanol–water partition coefficient (Wildman–Crippen LogP) is -0.149. The molecule has 4 atom stereocenters. The van der Waals surface area contributed by atoms with Gasteiger partial charge in [0, 0.05) is 6.04 Å². The number of hydrogen-bond donors (Lipinski definition) is 2. The zero-order valence-corrected chi connectivity index (χ0v) is 11.5. The summed E-state index contributed by atoms with van der Waals surface area (Å²) in [5.41, 5.74) is 0. The van der Waals surface area contributed by atoms with E-state index >= 15 is 0 Å². The summed E-state index contributed by atoms with van der Waals surface area (Å²) in [7, 11) is 2.06. The molecular formula is C14H20N2O4. The van der Waals surface area contributed by atoms with Crippen LogP contribution in [0.2, 0.25) is 0 Å². The van der Waals surface area contributed by atoms with Gasteiger partial charge in [0.2, 0.25) is 5.91 Å². The van der Waals surface area contributed by atoms with Crippen LogP contribution in [0.4, 0.5) is 0 Å². The minimum Gasteiger partial charge on any atom is -0.481 e. The van der Waals surface area contributed by atoms with Crippen LogP contribution in [0.5, 0.6) is 0 Å². The maximum Gasteiger partial charge on any atom is 0.310 e. The van der Waals surface area contributed by atoms with Crippen LogP contribution in [0, 0.1) is 11.8 Å². The van der Waals surface area contributed by atoms with Crippen molar-refractivity contribution in [1.29, 1.82) is 0 Å². The summed E-state index contributed by atoms with van der Waals surface area (Å²) in [5, 5.41) is 12.3. The molecule has 0 aromatic carbocycles. The zero-order valence-electron chi connectivity index (χ0n) is 11.5. The second kappa shape index (κ2) is 5.18. The van der Waals surface area contributed by atoms with E-state index in [4.69, 9.17) is 4.74 Å². The van der Waals surface area contributed by atoms with Crippen LogP contribution >= 0.6 is 0 Å². The minimum absolute atomic E-state index is 0.149. The molecule has 0 aliphatic carbocycles. The van der Waals surface area contributed by atoms with Crippen molar-refractivity contribution >= 4 is 11.9 Å². The molecule has 0 aromatic rings. The van der Waals surface area contributed by atoms with Crippen LogP contribution in [0.15, 0.2) is 12.2 Å². The third-order valence-corrected chi connectivity index (χ3v) is 4.55. The molecule has 3 rings (SSSR count). The highest BCUT2D eigenvalue weighted by Crippen LogP contribution is 2.39. The standard InChI is InChI=1S/C14H20N2O4/c1-16-6-4-8(5-7-16)15-13(17)11-9-2-3-10(20-9)12(11)14(18)19/h2-3,8-12H,4-7H2,1H3,(H,15,17)(H,18,19)/t9-,10-,11+,12-/m1/s1. The highest BCUT2D eigenvalue weighted by molar-refractivity contribution is 5.87. The molecule has 0 unspecified atom stereocenters. The van der Waals surface area contributed by atoms with Gasteiger partial charge in [-0.05, 0) is 33.0 Å². The molecule has 0 aromatic heterocycles. The molecule has 2 fully saturated rings. The van der Waals surface area contributed by atoms with Crippen molar-refractivity contribution in [2.45, 2.75) is 31.1 Å². The SMILES string of the molecule is CN1CCC(NC(=O)[C@@H]2[C@H](C(=O)O)[C@H]3C=C[C@H]2O3)CC1. The largest absolute Gasteiger partial charge is 0.481 e. The monoisotopic (exact) mass is 280 g/mol. The van der Waals surface area contributed by atoms with E-state index in [-0.39, 0.29) is 18.1 Å². The van der Waals surface area contributed by atoms with Gasteiger partial charge in [0.1, 0.15) is 5.92 Å². The summed E-state index contributed by atoms with van der Waals surface area (Å²) >= 11 is 0. The van der Waals surface area contributed by atoms with E-state index in [1.54, 1.807) is 6.08 Å². The lowest BCUT2D eigenvalue weighted by Crippen LogP contribution is -2.49. The molecule has 3 heterocycles. The van der Waals surface area contributed by atoms with Gasteiger partial charge < -0.3 is 20.1 Å². The molecule has 0 saturated carbocycles. The minimum atomic E-state index is -0.953. The van der Waals surface area contributed by atoms with Gasteiger partial charge in [-0.25, -0.2) is 0 Å². The first-order chi connectivity index (χ1) is 9.56. The molecule has 1 amide bonds. The van der Waals surface area contributed by atoms with Gasteiger partial charge in [0.05, 0.1) is 18.1 Å². The van der Waals surface area contributed by atoms with Crippen molar-refractivity contribution < 1.29 is 19.4 Å². The summed E-state index contributed by atoms with van der Waals surface area (Å²) in [6.45, 7) is 1.92. The first kappa shape index (κ1) is 13.6. The fourth-order valence-electron chi connectivity index (χ4n) is 3.37. The van der Waals surface area contributed by atoms with Crippen LogP contribution in [0.3, 0.4) is 0 Å². The fourth-order valence-corrected chi connectivity index (χ4v) is 3.37. The van der Waals surface area contributed by atoms with E-state index in [0.29, 0.717) is 0 Å². The van der Waals surface area contributed by atoms with E-state index in [2.05, 4.69) is 17.3 Å². The van der Waals surface area contributed by atoms with Gasteiger partial charge in [0.25, 0.3) is 0 Å². The second-order valence-electron chi connectivity index (χ2n) is 5.93. The Balaban J connectivity index is 1.64. The number of ether oxygens (including phenoxy) is 1. The molecule has 3 aliphatic rings. The van der Waals surface area contributed by atoms with Crippen molar-refractivity contribution in [1.82, 2.24) is 10.2 Å². The number of fused-ring (bicyclic) bond motifs is 2. The number of carboxylic acids is 1. The Morgan fingerprint density at radius 1 is 1.20 bits per heavy atom. The number of rotatable bonds is 3. The summed E-state index contributed by atoms with van der Waals surface area (Å²) in [4.78, 5) is 26.0. The molecule has 2 bridgehead atoms. The lowest BCUT2D eigenvalue weighted by atomic mass is 9.82. The van der Waals surface area contributed by atoms with E-state index in [9.17, 15) is 14.7 Å². The molecular weight excluding hydrogens is 260 g/mol. The van der Waals surface area contributed by atoms with Crippen LogP contribution in [0.25, 0.3) is 0 Å². The highest BCUT2D eigenvalue weighted by atomic mass is 16.5. The Hall–Kier alpha value is -1.40. The van der Waals surface area contributed by atoms with Crippen molar-refractivity contribution in [2.75, 3.05) is 20.1 Å². The third kappa shape index (κ3) is 2.33. The summed E-state index contributed by atoms with van der Waals surface area (Å²) < 4.78 is 5.53. The lowest BCUT2D eigenvalue weighted by Gasteiger charge is -2.31. The number of aliphatic carboxylic acids is 1.